The summed E-state index contributed by atoms with van der Waals surface area (Å²) in [6.07, 6.45) is 1.03. The van der Waals surface area contributed by atoms with Crippen molar-refractivity contribution in [3.8, 4) is 0 Å². The van der Waals surface area contributed by atoms with Gasteiger partial charge in [0, 0.05) is 35.0 Å². The number of fused-ring (bicyclic) bond motifs is 1. The normalized spacial score (nSPS) is 27.1. The molecule has 2 aromatic rings. The summed E-state index contributed by atoms with van der Waals surface area (Å²) < 4.78 is 15.7. The number of piperidine rings is 2. The Morgan fingerprint density at radius 1 is 1.28 bits per heavy atom. The Morgan fingerprint density at radius 2 is 2.03 bits per heavy atom. The fourth-order valence-electron chi connectivity index (χ4n) is 4.64. The Labute approximate surface area is 168 Å². The lowest BCUT2D eigenvalue weighted by Crippen LogP contribution is -2.54. The van der Waals surface area contributed by atoms with E-state index in [1.54, 1.807) is 25.1 Å². The van der Waals surface area contributed by atoms with Crippen LogP contribution in [0.5, 0.6) is 0 Å². The van der Waals surface area contributed by atoms with E-state index in [1.165, 1.54) is 0 Å². The monoisotopic (exact) mass is 399 g/mol. The van der Waals surface area contributed by atoms with Crippen molar-refractivity contribution < 1.29 is 19.1 Å². The molecule has 1 aromatic carbocycles. The highest BCUT2D eigenvalue weighted by molar-refractivity contribution is 6.01. The van der Waals surface area contributed by atoms with E-state index in [1.807, 2.05) is 13.8 Å². The molecule has 0 bridgehead atoms. The number of amides is 2. The molecule has 4 rings (SSSR count). The molecule has 0 saturated carbocycles. The number of halogens is 1. The minimum Gasteiger partial charge on any atom is -0.384 e. The molecule has 7 heteroatoms. The van der Waals surface area contributed by atoms with Gasteiger partial charge in [0.15, 0.2) is 0 Å². The van der Waals surface area contributed by atoms with Gasteiger partial charge in [-0.3, -0.25) is 19.9 Å². The smallest absolute Gasteiger partial charge is 0.234 e. The van der Waals surface area contributed by atoms with Crippen molar-refractivity contribution in [2.75, 3.05) is 13.1 Å². The summed E-state index contributed by atoms with van der Waals surface area (Å²) in [5.41, 5.74) is 0.141. The molecule has 2 amide bonds. The Kier molecular flexibility index (Phi) is 4.70. The van der Waals surface area contributed by atoms with Crippen molar-refractivity contribution in [2.45, 2.75) is 51.6 Å². The molecule has 3 N–H and O–H groups in total. The maximum atomic E-state index is 15.7. The Balaban J connectivity index is 1.85. The molecule has 2 aliphatic rings. The molecule has 6 nitrogen and oxygen atoms in total. The van der Waals surface area contributed by atoms with Crippen LogP contribution in [0, 0.1) is 18.2 Å². The average Bonchev–Trinajstić information content (AvgIpc) is 2.64. The van der Waals surface area contributed by atoms with Crippen LogP contribution in [-0.2, 0) is 15.2 Å². The number of carbonyl (C=O) groups is 2. The molecule has 2 fully saturated rings. The van der Waals surface area contributed by atoms with Gasteiger partial charge >= 0.3 is 0 Å². The maximum Gasteiger partial charge on any atom is 0.234 e. The predicted octanol–water partition coefficient (Wildman–Crippen LogP) is 2.41. The summed E-state index contributed by atoms with van der Waals surface area (Å²) in [6.45, 7) is 6.81. The Bertz CT molecular complexity index is 1020. The lowest BCUT2D eigenvalue weighted by Gasteiger charge is -2.47. The first kappa shape index (κ1) is 19.9. The highest BCUT2D eigenvalue weighted by atomic mass is 19.1. The molecule has 0 aliphatic carbocycles. The van der Waals surface area contributed by atoms with E-state index in [0.29, 0.717) is 42.7 Å². The zero-order chi connectivity index (χ0) is 21.0. The van der Waals surface area contributed by atoms with Gasteiger partial charge in [-0.25, -0.2) is 4.39 Å². The van der Waals surface area contributed by atoms with E-state index in [9.17, 15) is 14.7 Å². The molecule has 2 unspecified atom stereocenters. The predicted molar refractivity (Wildman–Crippen MR) is 107 cm³/mol. The van der Waals surface area contributed by atoms with E-state index >= 15 is 4.39 Å². The number of nitrogens with one attached hydrogen (secondary N) is 2. The standard InChI is InChI=1S/C22H26FN3O3/c1-12-14(13-4-7-18(27)26-20(13)28)10-15-17(25-12)6-5-16(19(15)23)22(29)8-9-24-11-21(22,2)3/h5-6,10,13,24,29H,4,7-9,11H2,1-3H3,(H,26,27,28). The van der Waals surface area contributed by atoms with Crippen LogP contribution in [0.2, 0.25) is 0 Å². The molecule has 0 radical (unpaired) electrons. The van der Waals surface area contributed by atoms with Gasteiger partial charge in [-0.05, 0) is 44.0 Å². The van der Waals surface area contributed by atoms with Gasteiger partial charge in [0.1, 0.15) is 5.82 Å². The van der Waals surface area contributed by atoms with Gasteiger partial charge < -0.3 is 10.4 Å². The molecule has 29 heavy (non-hydrogen) atoms. The summed E-state index contributed by atoms with van der Waals surface area (Å²) in [7, 11) is 0. The number of aromatic nitrogens is 1. The van der Waals surface area contributed by atoms with Crippen molar-refractivity contribution in [3.05, 3.63) is 40.8 Å². The number of hydrogen-bond donors (Lipinski definition) is 3. The van der Waals surface area contributed by atoms with Crippen LogP contribution in [0.15, 0.2) is 18.2 Å². The first-order chi connectivity index (χ1) is 13.6. The van der Waals surface area contributed by atoms with E-state index in [-0.39, 0.29) is 29.2 Å². The Hall–Kier alpha value is -2.38. The molecule has 154 valence electrons. The van der Waals surface area contributed by atoms with Crippen molar-refractivity contribution in [1.82, 2.24) is 15.6 Å². The van der Waals surface area contributed by atoms with Gasteiger partial charge in [-0.1, -0.05) is 19.9 Å². The van der Waals surface area contributed by atoms with Crippen molar-refractivity contribution in [3.63, 3.8) is 0 Å². The van der Waals surface area contributed by atoms with E-state index in [2.05, 4.69) is 15.6 Å². The number of carbonyl (C=O) groups excluding carboxylic acids is 2. The molecule has 2 aliphatic heterocycles. The number of aryl methyl sites for hydroxylation is 1. The number of pyridine rings is 1. The third kappa shape index (κ3) is 3.13. The second-order valence-electron chi connectivity index (χ2n) is 8.83. The number of nitrogens with zero attached hydrogens (tertiary/aromatic N) is 1. The van der Waals surface area contributed by atoms with Crippen LogP contribution in [0.25, 0.3) is 10.9 Å². The van der Waals surface area contributed by atoms with Crippen LogP contribution in [0.4, 0.5) is 4.39 Å². The van der Waals surface area contributed by atoms with Crippen LogP contribution in [0.3, 0.4) is 0 Å². The zero-order valence-electron chi connectivity index (χ0n) is 16.9. The van der Waals surface area contributed by atoms with E-state index in [4.69, 9.17) is 0 Å². The quantitative estimate of drug-likeness (QED) is 0.675. The first-order valence-corrected chi connectivity index (χ1v) is 10.0. The van der Waals surface area contributed by atoms with Gasteiger partial charge in [-0.15, -0.1) is 0 Å². The van der Waals surface area contributed by atoms with Gasteiger partial charge in [0.25, 0.3) is 0 Å². The second-order valence-corrected chi connectivity index (χ2v) is 8.83. The lowest BCUT2D eigenvalue weighted by molar-refractivity contribution is -0.134. The number of rotatable bonds is 2. The topological polar surface area (TPSA) is 91.3 Å². The molecule has 1 aromatic heterocycles. The number of imide groups is 1. The van der Waals surface area contributed by atoms with Crippen molar-refractivity contribution >= 4 is 22.7 Å². The SMILES string of the molecule is Cc1nc2ccc(C3(O)CCNCC3(C)C)c(F)c2cc1C1CCC(=O)NC1=O. The minimum absolute atomic E-state index is 0.247. The molecule has 2 saturated heterocycles. The third-order valence-corrected chi connectivity index (χ3v) is 6.57. The van der Waals surface area contributed by atoms with E-state index < -0.39 is 22.8 Å². The first-order valence-electron chi connectivity index (χ1n) is 10.0. The van der Waals surface area contributed by atoms with Crippen LogP contribution in [-0.4, -0.2) is 35.0 Å². The third-order valence-electron chi connectivity index (χ3n) is 6.57. The second kappa shape index (κ2) is 6.85. The highest BCUT2D eigenvalue weighted by Gasteiger charge is 2.48. The van der Waals surface area contributed by atoms with Gasteiger partial charge in [0.05, 0.1) is 17.0 Å². The fourth-order valence-corrected chi connectivity index (χ4v) is 4.64. The van der Waals surface area contributed by atoms with Crippen molar-refractivity contribution in [1.29, 1.82) is 0 Å². The minimum atomic E-state index is -1.31. The molecule has 3 heterocycles. The average molecular weight is 399 g/mol. The summed E-state index contributed by atoms with van der Waals surface area (Å²) in [5, 5.41) is 17.3. The van der Waals surface area contributed by atoms with Gasteiger partial charge in [-0.2, -0.15) is 0 Å². The molecule has 0 spiro atoms. The molecular weight excluding hydrogens is 373 g/mol. The van der Waals surface area contributed by atoms with Crippen LogP contribution >= 0.6 is 0 Å². The van der Waals surface area contributed by atoms with Crippen LogP contribution < -0.4 is 10.6 Å². The lowest BCUT2D eigenvalue weighted by atomic mass is 9.67. The highest BCUT2D eigenvalue weighted by Crippen LogP contribution is 2.46. The largest absolute Gasteiger partial charge is 0.384 e. The zero-order valence-corrected chi connectivity index (χ0v) is 16.9. The van der Waals surface area contributed by atoms with Crippen LogP contribution in [0.1, 0.15) is 55.8 Å². The van der Waals surface area contributed by atoms with E-state index in [0.717, 1.165) is 0 Å². The van der Waals surface area contributed by atoms with Crippen molar-refractivity contribution in [2.24, 2.45) is 5.41 Å². The summed E-state index contributed by atoms with van der Waals surface area (Å²) in [6, 6.07) is 5.02. The number of hydrogen-bond acceptors (Lipinski definition) is 5. The molecular formula is C22H26FN3O3. The number of aliphatic hydroxyl groups is 1. The van der Waals surface area contributed by atoms with Gasteiger partial charge in [0.2, 0.25) is 11.8 Å². The molecule has 2 atom stereocenters. The maximum absolute atomic E-state index is 15.7. The number of benzene rings is 1. The Morgan fingerprint density at radius 3 is 2.72 bits per heavy atom. The summed E-state index contributed by atoms with van der Waals surface area (Å²) in [4.78, 5) is 28.3. The fraction of sp³-hybridized carbons (Fsp3) is 0.500. The summed E-state index contributed by atoms with van der Waals surface area (Å²) >= 11 is 0. The summed E-state index contributed by atoms with van der Waals surface area (Å²) in [5.74, 6) is -1.70.